The maximum absolute atomic E-state index is 13.7. The molecule has 3 aliphatic heterocycles. The molecular formula is C64H40N2O3. The molecule has 0 amide bonds. The average Bonchev–Trinajstić information content (AvgIpc) is 3.42. The maximum atomic E-state index is 13.7. The number of ether oxygens (including phenoxy) is 1. The summed E-state index contributed by atoms with van der Waals surface area (Å²) in [5.74, 6) is 1.83. The molecule has 15 rings (SSSR count). The van der Waals surface area contributed by atoms with E-state index in [1.807, 2.05) is 91.0 Å². The van der Waals surface area contributed by atoms with E-state index in [1.165, 1.54) is 11.1 Å². The fourth-order valence-electron chi connectivity index (χ4n) is 12.4. The number of anilines is 6. The summed E-state index contributed by atoms with van der Waals surface area (Å²) in [5, 5.41) is 0. The third-order valence-corrected chi connectivity index (χ3v) is 14.9. The second kappa shape index (κ2) is 14.7. The van der Waals surface area contributed by atoms with Gasteiger partial charge >= 0.3 is 0 Å². The molecule has 69 heavy (non-hydrogen) atoms. The second-order valence-electron chi connectivity index (χ2n) is 18.1. The lowest BCUT2D eigenvalue weighted by Gasteiger charge is -2.50. The summed E-state index contributed by atoms with van der Waals surface area (Å²) in [6.45, 7) is 0. The van der Waals surface area contributed by atoms with Crippen LogP contribution in [-0.4, -0.2) is 11.6 Å². The number of carbonyl (C=O) groups is 2. The molecule has 5 aliphatic rings. The first-order valence-corrected chi connectivity index (χ1v) is 23.4. The second-order valence-corrected chi connectivity index (χ2v) is 18.1. The van der Waals surface area contributed by atoms with Crippen molar-refractivity contribution in [3.05, 3.63) is 309 Å². The molecule has 324 valence electrons. The zero-order valence-electron chi connectivity index (χ0n) is 37.2. The molecule has 0 N–H and O–H groups in total. The number of hydrogen-bond donors (Lipinski definition) is 0. The summed E-state index contributed by atoms with van der Waals surface area (Å²) in [6.07, 6.45) is 0. The van der Waals surface area contributed by atoms with Crippen LogP contribution in [0.1, 0.15) is 76.4 Å². The zero-order chi connectivity index (χ0) is 45.8. The van der Waals surface area contributed by atoms with Crippen molar-refractivity contribution in [1.29, 1.82) is 0 Å². The van der Waals surface area contributed by atoms with Gasteiger partial charge in [-0.05, 0) is 93.0 Å². The number of carbonyl (C=O) groups excluding carboxylic acids is 2. The highest BCUT2D eigenvalue weighted by molar-refractivity contribution is 6.16. The van der Waals surface area contributed by atoms with Gasteiger partial charge in [0.15, 0.2) is 23.1 Å². The summed E-state index contributed by atoms with van der Waals surface area (Å²) < 4.78 is 6.46. The van der Waals surface area contributed by atoms with Gasteiger partial charge in [-0.15, -0.1) is 0 Å². The van der Waals surface area contributed by atoms with Gasteiger partial charge in [-0.25, -0.2) is 0 Å². The number of ketones is 2. The van der Waals surface area contributed by atoms with E-state index in [4.69, 9.17) is 4.74 Å². The molecule has 0 aromatic heterocycles. The number of rotatable bonds is 1. The lowest BCUT2D eigenvalue weighted by molar-refractivity contribution is 0.102. The Bertz CT molecular complexity index is 3650. The van der Waals surface area contributed by atoms with Gasteiger partial charge in [0, 0.05) is 27.9 Å². The summed E-state index contributed by atoms with van der Waals surface area (Å²) in [7, 11) is 0. The molecule has 0 bridgehead atoms. The van der Waals surface area contributed by atoms with Crippen LogP contribution in [0.2, 0.25) is 0 Å². The minimum absolute atomic E-state index is 0.0770. The Labute approximate surface area is 399 Å². The Morgan fingerprint density at radius 3 is 1.09 bits per heavy atom. The van der Waals surface area contributed by atoms with Gasteiger partial charge in [0.25, 0.3) is 0 Å². The van der Waals surface area contributed by atoms with Crippen LogP contribution in [-0.2, 0) is 10.8 Å². The highest BCUT2D eigenvalue weighted by Gasteiger charge is 2.54. The summed E-state index contributed by atoms with van der Waals surface area (Å²) in [6, 6.07) is 83.2. The van der Waals surface area contributed by atoms with Crippen molar-refractivity contribution in [2.75, 3.05) is 9.80 Å². The molecule has 3 heterocycles. The van der Waals surface area contributed by atoms with E-state index in [0.29, 0.717) is 0 Å². The molecule has 5 heteroatoms. The number of fused-ring (bicyclic) bond motifs is 18. The van der Waals surface area contributed by atoms with Crippen molar-refractivity contribution in [2.24, 2.45) is 0 Å². The molecular weight excluding hydrogens is 845 g/mol. The monoisotopic (exact) mass is 884 g/mol. The molecule has 0 atom stereocenters. The van der Waals surface area contributed by atoms with Gasteiger partial charge in [-0.2, -0.15) is 0 Å². The predicted molar refractivity (Wildman–Crippen MR) is 273 cm³/mol. The Morgan fingerprint density at radius 1 is 0.275 bits per heavy atom. The lowest BCUT2D eigenvalue weighted by Crippen LogP contribution is -2.42. The normalized spacial score (nSPS) is 15.0. The van der Waals surface area contributed by atoms with Crippen molar-refractivity contribution in [2.45, 2.75) is 10.8 Å². The van der Waals surface area contributed by atoms with Gasteiger partial charge in [0.1, 0.15) is 0 Å². The van der Waals surface area contributed by atoms with E-state index in [2.05, 4.69) is 161 Å². The molecule has 10 aromatic carbocycles. The topological polar surface area (TPSA) is 49.9 Å². The lowest BCUT2D eigenvalue weighted by atomic mass is 9.57. The van der Waals surface area contributed by atoms with Crippen LogP contribution in [0.5, 0.6) is 11.5 Å². The Hall–Kier alpha value is -9.06. The van der Waals surface area contributed by atoms with Gasteiger partial charge in [-0.1, -0.05) is 194 Å². The molecule has 0 saturated carbocycles. The smallest absolute Gasteiger partial charge is 0.193 e. The molecule has 2 spiro atoms. The third-order valence-electron chi connectivity index (χ3n) is 14.9. The predicted octanol–water partition coefficient (Wildman–Crippen LogP) is 14.9. The number of hydrogen-bond acceptors (Lipinski definition) is 5. The Kier molecular flexibility index (Phi) is 8.35. The van der Waals surface area contributed by atoms with Crippen LogP contribution in [0.15, 0.2) is 243 Å². The summed E-state index contributed by atoms with van der Waals surface area (Å²) in [4.78, 5) is 32.0. The first-order chi connectivity index (χ1) is 34.1. The van der Waals surface area contributed by atoms with Crippen LogP contribution >= 0.6 is 0 Å². The van der Waals surface area contributed by atoms with Gasteiger partial charge < -0.3 is 14.5 Å². The molecule has 0 unspecified atom stereocenters. The van der Waals surface area contributed by atoms with Gasteiger partial charge in [-0.3, -0.25) is 9.59 Å². The van der Waals surface area contributed by atoms with E-state index in [9.17, 15) is 9.59 Å². The average molecular weight is 885 g/mol. The Morgan fingerprint density at radius 2 is 0.609 bits per heavy atom. The minimum atomic E-state index is -0.644. The van der Waals surface area contributed by atoms with Gasteiger partial charge in [0.2, 0.25) is 0 Å². The van der Waals surface area contributed by atoms with Crippen molar-refractivity contribution in [1.82, 2.24) is 0 Å². The van der Waals surface area contributed by atoms with Crippen LogP contribution in [0.25, 0.3) is 0 Å². The standard InChI is InChI=1S/C32H19NO2.C32H21NO/c34-31-20-10-1-3-12-22(20)32(23-13-4-2-11-21(23)31)24-14-5-6-16-26(24)33-27-17-7-8-18-28(27)35-29-19-9-15-25(32)30(29)33;34-31-23-14-4-6-16-25(23)32(26-17-7-5-15-24(26)31)27-18-8-10-20-29(27)33(22-12-2-1-3-13-22)30-21-11-9-19-28(30)32/h1-19H;1-21H. The maximum Gasteiger partial charge on any atom is 0.193 e. The van der Waals surface area contributed by atoms with Crippen LogP contribution in [0, 0.1) is 0 Å². The van der Waals surface area contributed by atoms with E-state index >= 15 is 0 Å². The van der Waals surface area contributed by atoms with Crippen molar-refractivity contribution < 1.29 is 14.3 Å². The Balaban J connectivity index is 0.000000130. The molecule has 10 aromatic rings. The zero-order valence-corrected chi connectivity index (χ0v) is 37.2. The highest BCUT2D eigenvalue weighted by Crippen LogP contribution is 2.65. The summed E-state index contributed by atoms with van der Waals surface area (Å²) >= 11 is 0. The minimum Gasteiger partial charge on any atom is -0.453 e. The largest absolute Gasteiger partial charge is 0.453 e. The van der Waals surface area contributed by atoms with Crippen molar-refractivity contribution in [3.63, 3.8) is 0 Å². The van der Waals surface area contributed by atoms with Crippen molar-refractivity contribution >= 4 is 45.7 Å². The van der Waals surface area contributed by atoms with Crippen LogP contribution in [0.3, 0.4) is 0 Å². The molecule has 0 radical (unpaired) electrons. The summed E-state index contributed by atoms with van der Waals surface area (Å²) in [5.41, 5.74) is 17.1. The van der Waals surface area contributed by atoms with Crippen LogP contribution < -0.4 is 14.5 Å². The molecule has 2 aliphatic carbocycles. The van der Waals surface area contributed by atoms with E-state index in [1.54, 1.807) is 0 Å². The molecule has 5 nitrogen and oxygen atoms in total. The third kappa shape index (κ3) is 5.13. The number of benzene rings is 10. The fourth-order valence-corrected chi connectivity index (χ4v) is 12.4. The quantitative estimate of drug-likeness (QED) is 0.164. The first kappa shape index (κ1) is 39.1. The number of para-hydroxylation sites is 7. The fraction of sp³-hybridized carbons (Fsp3) is 0.0312. The highest BCUT2D eigenvalue weighted by atomic mass is 16.5. The van der Waals surface area contributed by atoms with Gasteiger partial charge in [0.05, 0.1) is 39.3 Å². The van der Waals surface area contributed by atoms with E-state index in [-0.39, 0.29) is 11.6 Å². The van der Waals surface area contributed by atoms with E-state index in [0.717, 1.165) is 101 Å². The first-order valence-electron chi connectivity index (χ1n) is 23.4. The van der Waals surface area contributed by atoms with E-state index < -0.39 is 10.8 Å². The molecule has 0 fully saturated rings. The SMILES string of the molecule is O=C1c2ccccc2C2(c3ccccc31)c1ccccc1N(c1ccccc1)c1ccccc12.O=C1c2ccccc2C2(c3ccccc31)c1ccccc1N1c3ccccc3Oc3cccc2c31. The molecule has 0 saturated heterocycles. The van der Waals surface area contributed by atoms with Crippen LogP contribution in [0.4, 0.5) is 34.1 Å². The van der Waals surface area contributed by atoms with Crippen molar-refractivity contribution in [3.8, 4) is 11.5 Å². The number of nitrogens with zero attached hydrogens (tertiary/aromatic N) is 2.